The summed E-state index contributed by atoms with van der Waals surface area (Å²) >= 11 is 0. The average Bonchev–Trinajstić information content (AvgIpc) is 2.54. The Kier molecular flexibility index (Phi) is 3.40. The van der Waals surface area contributed by atoms with Gasteiger partial charge in [-0.25, -0.2) is 0 Å². The van der Waals surface area contributed by atoms with E-state index in [1.807, 2.05) is 48.5 Å². The maximum absolute atomic E-state index is 9.28. The summed E-state index contributed by atoms with van der Waals surface area (Å²) in [4.78, 5) is 3.17. The molecule has 0 unspecified atom stereocenters. The number of hydrogen-bond acceptors (Lipinski definition) is 3. The Balaban J connectivity index is 2.07. The maximum atomic E-state index is 9.28. The summed E-state index contributed by atoms with van der Waals surface area (Å²) in [5.74, 6) is 1.72. The number of H-pyrrole nitrogens is 1. The lowest BCUT2D eigenvalue weighted by molar-refractivity contribution is -0.359. The Morgan fingerprint density at radius 3 is 2.48 bits per heavy atom. The van der Waals surface area contributed by atoms with Crippen LogP contribution in [0.15, 0.2) is 54.6 Å². The molecule has 0 bridgehead atoms. The number of rotatable bonds is 3. The van der Waals surface area contributed by atoms with Gasteiger partial charge in [0.15, 0.2) is 11.5 Å². The standard InChI is InChI=1S/C17H12N2O2/c1-20-15-8-4-5-9-16(15)21-17-10-12(11-18)13-6-2-3-7-14(13)19-17/h2-10H,1H3/p+1. The molecule has 0 amide bonds. The Labute approximate surface area is 122 Å². The third kappa shape index (κ3) is 2.49. The number of aromatic amines is 1. The van der Waals surface area contributed by atoms with Gasteiger partial charge in [-0.3, -0.25) is 0 Å². The first-order valence-electron chi connectivity index (χ1n) is 6.48. The van der Waals surface area contributed by atoms with Crippen molar-refractivity contribution in [1.29, 1.82) is 5.26 Å². The molecule has 0 spiro atoms. The van der Waals surface area contributed by atoms with Crippen LogP contribution in [0.1, 0.15) is 5.56 Å². The lowest BCUT2D eigenvalue weighted by atomic mass is 10.1. The van der Waals surface area contributed by atoms with Crippen molar-refractivity contribution in [2.45, 2.75) is 0 Å². The van der Waals surface area contributed by atoms with Crippen molar-refractivity contribution in [3.63, 3.8) is 0 Å². The van der Waals surface area contributed by atoms with Crippen LogP contribution in [-0.2, 0) is 0 Å². The summed E-state index contributed by atoms with van der Waals surface area (Å²) in [7, 11) is 1.59. The molecule has 102 valence electrons. The second-order valence-corrected chi connectivity index (χ2v) is 4.46. The molecule has 2 aromatic carbocycles. The SMILES string of the molecule is COc1ccccc1Oc1cc(C#N)c2ccccc2[nH+]1. The van der Waals surface area contributed by atoms with Gasteiger partial charge in [-0.2, -0.15) is 10.2 Å². The van der Waals surface area contributed by atoms with E-state index in [0.29, 0.717) is 22.9 Å². The second kappa shape index (κ2) is 5.51. The molecule has 0 aliphatic rings. The molecule has 0 saturated carbocycles. The molecule has 4 nitrogen and oxygen atoms in total. The van der Waals surface area contributed by atoms with Crippen LogP contribution in [0.3, 0.4) is 0 Å². The smallest absolute Gasteiger partial charge is 0.373 e. The van der Waals surface area contributed by atoms with E-state index < -0.39 is 0 Å². The number of fused-ring (bicyclic) bond motifs is 1. The number of aromatic nitrogens is 1. The van der Waals surface area contributed by atoms with Crippen LogP contribution in [0.2, 0.25) is 0 Å². The molecule has 1 heterocycles. The third-order valence-electron chi connectivity index (χ3n) is 3.16. The minimum absolute atomic E-state index is 0.495. The van der Waals surface area contributed by atoms with Gasteiger partial charge in [0.05, 0.1) is 24.1 Å². The van der Waals surface area contributed by atoms with Gasteiger partial charge in [0.2, 0.25) is 5.52 Å². The molecule has 0 aliphatic carbocycles. The highest BCUT2D eigenvalue weighted by atomic mass is 16.5. The molecular weight excluding hydrogens is 264 g/mol. The zero-order chi connectivity index (χ0) is 14.7. The second-order valence-electron chi connectivity index (χ2n) is 4.46. The Morgan fingerprint density at radius 2 is 1.71 bits per heavy atom. The maximum Gasteiger partial charge on any atom is 0.373 e. The molecule has 0 saturated heterocycles. The van der Waals surface area contributed by atoms with Gasteiger partial charge in [0.25, 0.3) is 0 Å². The summed E-state index contributed by atoms with van der Waals surface area (Å²) in [6, 6.07) is 18.9. The number of pyridine rings is 1. The first-order valence-corrected chi connectivity index (χ1v) is 6.48. The molecule has 4 heteroatoms. The van der Waals surface area contributed by atoms with Crippen molar-refractivity contribution in [2.24, 2.45) is 0 Å². The van der Waals surface area contributed by atoms with E-state index in [-0.39, 0.29) is 0 Å². The highest BCUT2D eigenvalue weighted by molar-refractivity contribution is 5.82. The molecule has 0 fully saturated rings. The van der Waals surface area contributed by atoms with Gasteiger partial charge < -0.3 is 9.47 Å². The van der Waals surface area contributed by atoms with Crippen molar-refractivity contribution in [2.75, 3.05) is 7.11 Å². The minimum atomic E-state index is 0.495. The minimum Gasteiger partial charge on any atom is -0.493 e. The number of para-hydroxylation sites is 3. The largest absolute Gasteiger partial charge is 0.493 e. The van der Waals surface area contributed by atoms with Gasteiger partial charge in [-0.1, -0.05) is 24.3 Å². The summed E-state index contributed by atoms with van der Waals surface area (Å²) in [5.41, 5.74) is 1.41. The van der Waals surface area contributed by atoms with E-state index in [2.05, 4.69) is 11.1 Å². The summed E-state index contributed by atoms with van der Waals surface area (Å²) in [6.45, 7) is 0. The van der Waals surface area contributed by atoms with Crippen molar-refractivity contribution in [3.05, 3.63) is 60.2 Å². The Hall–Kier alpha value is -3.06. The lowest BCUT2D eigenvalue weighted by Crippen LogP contribution is -2.09. The van der Waals surface area contributed by atoms with Crippen LogP contribution in [0.4, 0.5) is 0 Å². The topological polar surface area (TPSA) is 56.4 Å². The molecule has 0 atom stereocenters. The van der Waals surface area contributed by atoms with E-state index in [1.165, 1.54) is 0 Å². The zero-order valence-electron chi connectivity index (χ0n) is 11.5. The quantitative estimate of drug-likeness (QED) is 0.738. The molecule has 1 aromatic heterocycles. The summed E-state index contributed by atoms with van der Waals surface area (Å²) in [6.07, 6.45) is 0. The van der Waals surface area contributed by atoms with E-state index in [4.69, 9.17) is 9.47 Å². The van der Waals surface area contributed by atoms with Gasteiger partial charge in [-0.15, -0.1) is 0 Å². The van der Waals surface area contributed by atoms with E-state index >= 15 is 0 Å². The predicted molar refractivity (Wildman–Crippen MR) is 78.3 cm³/mol. The first-order chi connectivity index (χ1) is 10.3. The fraction of sp³-hybridized carbons (Fsp3) is 0.0588. The third-order valence-corrected chi connectivity index (χ3v) is 3.16. The first kappa shape index (κ1) is 12.9. The van der Waals surface area contributed by atoms with Crippen molar-refractivity contribution in [3.8, 4) is 23.4 Å². The van der Waals surface area contributed by atoms with Crippen LogP contribution >= 0.6 is 0 Å². The fourth-order valence-electron chi connectivity index (χ4n) is 2.17. The average molecular weight is 277 g/mol. The molecule has 0 aliphatic heterocycles. The molecule has 21 heavy (non-hydrogen) atoms. The van der Waals surface area contributed by atoms with Gasteiger partial charge in [0, 0.05) is 6.07 Å². The molecular formula is C17H13N2O2+. The van der Waals surface area contributed by atoms with E-state index in [1.54, 1.807) is 13.2 Å². The van der Waals surface area contributed by atoms with E-state index in [9.17, 15) is 5.26 Å². The van der Waals surface area contributed by atoms with Gasteiger partial charge >= 0.3 is 5.88 Å². The zero-order valence-corrected chi connectivity index (χ0v) is 11.5. The molecule has 3 rings (SSSR count). The normalized spacial score (nSPS) is 10.1. The number of nitrogens with zero attached hydrogens (tertiary/aromatic N) is 1. The van der Waals surface area contributed by atoms with Crippen molar-refractivity contribution >= 4 is 10.9 Å². The van der Waals surface area contributed by atoms with Crippen LogP contribution in [0.25, 0.3) is 10.9 Å². The molecule has 3 aromatic rings. The fourth-order valence-corrected chi connectivity index (χ4v) is 2.17. The van der Waals surface area contributed by atoms with Crippen molar-refractivity contribution in [1.82, 2.24) is 0 Å². The number of hydrogen-bond donors (Lipinski definition) is 0. The molecule has 0 radical (unpaired) electrons. The monoisotopic (exact) mass is 277 g/mol. The Morgan fingerprint density at radius 1 is 1.00 bits per heavy atom. The summed E-state index contributed by atoms with van der Waals surface area (Å²) < 4.78 is 11.1. The predicted octanol–water partition coefficient (Wildman–Crippen LogP) is 3.33. The number of benzene rings is 2. The van der Waals surface area contributed by atoms with Crippen LogP contribution < -0.4 is 14.5 Å². The van der Waals surface area contributed by atoms with Gasteiger partial charge in [0.1, 0.15) is 6.07 Å². The summed E-state index contributed by atoms with van der Waals surface area (Å²) in [5, 5.41) is 10.2. The number of methoxy groups -OCH3 is 1. The highest BCUT2D eigenvalue weighted by Crippen LogP contribution is 2.30. The van der Waals surface area contributed by atoms with Crippen LogP contribution in [0.5, 0.6) is 17.4 Å². The molecule has 1 N–H and O–H groups in total. The number of nitrogens with one attached hydrogen (secondary N) is 1. The van der Waals surface area contributed by atoms with Crippen LogP contribution in [0, 0.1) is 11.3 Å². The highest BCUT2D eigenvalue weighted by Gasteiger charge is 2.14. The van der Waals surface area contributed by atoms with Gasteiger partial charge in [-0.05, 0) is 18.2 Å². The van der Waals surface area contributed by atoms with Crippen LogP contribution in [-0.4, -0.2) is 7.11 Å². The van der Waals surface area contributed by atoms with E-state index in [0.717, 1.165) is 10.9 Å². The number of ether oxygens (including phenoxy) is 2. The van der Waals surface area contributed by atoms with Crippen molar-refractivity contribution < 1.29 is 14.5 Å². The number of nitriles is 1. The lowest BCUT2D eigenvalue weighted by Gasteiger charge is -2.07. The Bertz CT molecular complexity index is 838.